The van der Waals surface area contributed by atoms with Crippen molar-refractivity contribution in [3.05, 3.63) is 73.1 Å². The first-order valence-electron chi connectivity index (χ1n) is 7.63. The Balaban J connectivity index is 0.00000131. The number of H-pyrrole nitrogens is 1. The molecule has 0 aliphatic rings. The van der Waals surface area contributed by atoms with Gasteiger partial charge in [0, 0.05) is 18.1 Å². The van der Waals surface area contributed by atoms with Gasteiger partial charge in [0.2, 0.25) is 10.0 Å². The molecule has 0 bridgehead atoms. The number of aromatic nitrogens is 4. The zero-order chi connectivity index (χ0) is 17.3. The fraction of sp³-hybridized carbons (Fsp3) is 0.0588. The van der Waals surface area contributed by atoms with Gasteiger partial charge in [0.15, 0.2) is 0 Å². The minimum atomic E-state index is -3.56. The third-order valence-electron chi connectivity index (χ3n) is 3.80. The number of fused-ring (bicyclic) bond motifs is 1. The van der Waals surface area contributed by atoms with E-state index in [1.54, 1.807) is 42.9 Å². The summed E-state index contributed by atoms with van der Waals surface area (Å²) in [6.07, 6.45) is 5.28. The first kappa shape index (κ1) is 20.9. The molecule has 0 spiro atoms. The number of rotatable bonds is 5. The highest BCUT2D eigenvalue weighted by atomic mass is 35.5. The smallest absolute Gasteiger partial charge is 0.240 e. The summed E-state index contributed by atoms with van der Waals surface area (Å²) >= 11 is 0. The van der Waals surface area contributed by atoms with Gasteiger partial charge in [-0.25, -0.2) is 23.1 Å². The molecule has 0 aliphatic heterocycles. The lowest BCUT2D eigenvalue weighted by Gasteiger charge is -2.04. The van der Waals surface area contributed by atoms with Gasteiger partial charge < -0.3 is 9.55 Å². The third kappa shape index (κ3) is 4.48. The Kier molecular flexibility index (Phi) is 6.61. The van der Waals surface area contributed by atoms with Crippen LogP contribution < -0.4 is 4.72 Å². The lowest BCUT2D eigenvalue weighted by atomic mass is 10.3. The van der Waals surface area contributed by atoms with Crippen LogP contribution in [0.25, 0.3) is 16.7 Å². The van der Waals surface area contributed by atoms with E-state index in [2.05, 4.69) is 19.7 Å². The van der Waals surface area contributed by atoms with Crippen LogP contribution in [0.3, 0.4) is 0 Å². The molecule has 0 saturated carbocycles. The van der Waals surface area contributed by atoms with Crippen molar-refractivity contribution in [2.45, 2.75) is 11.4 Å². The van der Waals surface area contributed by atoms with E-state index in [1.165, 1.54) is 0 Å². The van der Waals surface area contributed by atoms with Gasteiger partial charge >= 0.3 is 0 Å². The predicted octanol–water partition coefficient (Wildman–Crippen LogP) is 3.07. The molecule has 0 amide bonds. The van der Waals surface area contributed by atoms with Crippen molar-refractivity contribution in [3.8, 4) is 5.69 Å². The average molecular weight is 426 g/mol. The summed E-state index contributed by atoms with van der Waals surface area (Å²) in [6.45, 7) is 0.0896. The molecule has 4 rings (SSSR count). The standard InChI is InChI=1S/C17H15N5O2S.2ClH/c23-25(24,14-4-2-1-3-5-14)19-11-17-20-15-7-6-13(10-16(15)21-17)22-9-8-18-12-22;;/h1-10,12,19H,11H2,(H,20,21);2*1H. The van der Waals surface area contributed by atoms with E-state index in [9.17, 15) is 8.42 Å². The van der Waals surface area contributed by atoms with Gasteiger partial charge in [-0.15, -0.1) is 24.8 Å². The first-order chi connectivity index (χ1) is 12.1. The number of imidazole rings is 2. The fourth-order valence-corrected chi connectivity index (χ4v) is 3.56. The molecule has 10 heteroatoms. The van der Waals surface area contributed by atoms with Crippen molar-refractivity contribution in [2.24, 2.45) is 0 Å². The quantitative estimate of drug-likeness (QED) is 0.513. The predicted molar refractivity (Wildman–Crippen MR) is 108 cm³/mol. The zero-order valence-electron chi connectivity index (χ0n) is 13.9. The highest BCUT2D eigenvalue weighted by molar-refractivity contribution is 7.89. The maximum Gasteiger partial charge on any atom is 0.240 e. The van der Waals surface area contributed by atoms with Crippen molar-refractivity contribution >= 4 is 45.9 Å². The normalized spacial score (nSPS) is 11.0. The van der Waals surface area contributed by atoms with Crippen LogP contribution in [0.2, 0.25) is 0 Å². The molecule has 0 fully saturated rings. The monoisotopic (exact) mass is 425 g/mol. The molecule has 2 heterocycles. The van der Waals surface area contributed by atoms with E-state index in [0.717, 1.165) is 16.7 Å². The van der Waals surface area contributed by atoms with Crippen LogP contribution in [-0.4, -0.2) is 27.9 Å². The Bertz CT molecular complexity index is 1110. The Hall–Kier alpha value is -2.39. The number of hydrogen-bond donors (Lipinski definition) is 2. The van der Waals surface area contributed by atoms with Crippen LogP contribution in [0.4, 0.5) is 0 Å². The molecule has 2 aromatic carbocycles. The maximum absolute atomic E-state index is 12.3. The van der Waals surface area contributed by atoms with E-state index in [-0.39, 0.29) is 36.3 Å². The second-order valence-electron chi connectivity index (χ2n) is 5.49. The minimum Gasteiger partial charge on any atom is -0.341 e. The summed E-state index contributed by atoms with van der Waals surface area (Å²) in [4.78, 5) is 11.8. The van der Waals surface area contributed by atoms with Crippen LogP contribution >= 0.6 is 24.8 Å². The molecule has 7 nitrogen and oxygen atoms in total. The summed E-state index contributed by atoms with van der Waals surface area (Å²) in [5.74, 6) is 0.553. The number of halogens is 2. The number of aromatic amines is 1. The van der Waals surface area contributed by atoms with Crippen LogP contribution in [0.1, 0.15) is 5.82 Å². The fourth-order valence-electron chi connectivity index (χ4n) is 2.55. The molecule has 142 valence electrons. The van der Waals surface area contributed by atoms with Gasteiger partial charge in [-0.1, -0.05) is 18.2 Å². The highest BCUT2D eigenvalue weighted by Gasteiger charge is 2.14. The molecular formula is C17H17Cl2N5O2S. The Morgan fingerprint density at radius 3 is 2.56 bits per heavy atom. The number of benzene rings is 2. The SMILES string of the molecule is Cl.Cl.O=S(=O)(NCc1nc2ccc(-n3ccnc3)cc2[nH]1)c1ccccc1. The highest BCUT2D eigenvalue weighted by Crippen LogP contribution is 2.17. The van der Waals surface area contributed by atoms with E-state index < -0.39 is 10.0 Å². The molecule has 0 radical (unpaired) electrons. The Labute approximate surface area is 168 Å². The molecule has 0 unspecified atom stereocenters. The maximum atomic E-state index is 12.3. The van der Waals surface area contributed by atoms with Crippen LogP contribution in [0.5, 0.6) is 0 Å². The lowest BCUT2D eigenvalue weighted by molar-refractivity contribution is 0.579. The van der Waals surface area contributed by atoms with Crippen molar-refractivity contribution in [2.75, 3.05) is 0 Å². The molecule has 2 aromatic heterocycles. The van der Waals surface area contributed by atoms with Gasteiger partial charge in [-0.3, -0.25) is 0 Å². The summed E-state index contributed by atoms with van der Waals surface area (Å²) < 4.78 is 29.0. The Morgan fingerprint density at radius 1 is 1.07 bits per heavy atom. The minimum absolute atomic E-state index is 0. The molecule has 4 aromatic rings. The number of nitrogens with one attached hydrogen (secondary N) is 2. The molecule has 2 N–H and O–H groups in total. The first-order valence-corrected chi connectivity index (χ1v) is 9.12. The summed E-state index contributed by atoms with van der Waals surface area (Å²) in [5, 5.41) is 0. The van der Waals surface area contributed by atoms with Crippen molar-refractivity contribution in [1.29, 1.82) is 0 Å². The molecule has 27 heavy (non-hydrogen) atoms. The molecular weight excluding hydrogens is 409 g/mol. The summed E-state index contributed by atoms with van der Waals surface area (Å²) in [6, 6.07) is 14.0. The van der Waals surface area contributed by atoms with Crippen LogP contribution in [0.15, 0.2) is 72.1 Å². The van der Waals surface area contributed by atoms with Gasteiger partial charge in [0.25, 0.3) is 0 Å². The molecule has 0 atom stereocenters. The number of nitrogens with zero attached hydrogens (tertiary/aromatic N) is 3. The average Bonchev–Trinajstić information content (AvgIpc) is 3.29. The largest absolute Gasteiger partial charge is 0.341 e. The molecule has 0 saturated heterocycles. The summed E-state index contributed by atoms with van der Waals surface area (Å²) in [7, 11) is -3.56. The van der Waals surface area contributed by atoms with Gasteiger partial charge in [0.1, 0.15) is 5.82 Å². The van der Waals surface area contributed by atoms with Gasteiger partial charge in [-0.2, -0.15) is 0 Å². The second-order valence-corrected chi connectivity index (χ2v) is 7.26. The van der Waals surface area contributed by atoms with Crippen LogP contribution in [0, 0.1) is 0 Å². The van der Waals surface area contributed by atoms with E-state index >= 15 is 0 Å². The second kappa shape index (κ2) is 8.53. The lowest BCUT2D eigenvalue weighted by Crippen LogP contribution is -2.23. The van der Waals surface area contributed by atoms with Crippen molar-refractivity contribution in [1.82, 2.24) is 24.2 Å². The van der Waals surface area contributed by atoms with E-state index in [4.69, 9.17) is 0 Å². The topological polar surface area (TPSA) is 92.7 Å². The van der Waals surface area contributed by atoms with Crippen molar-refractivity contribution in [3.63, 3.8) is 0 Å². The van der Waals surface area contributed by atoms with Crippen LogP contribution in [-0.2, 0) is 16.6 Å². The molecule has 0 aliphatic carbocycles. The third-order valence-corrected chi connectivity index (χ3v) is 5.22. The van der Waals surface area contributed by atoms with Gasteiger partial charge in [-0.05, 0) is 30.3 Å². The Morgan fingerprint density at radius 2 is 1.85 bits per heavy atom. The van der Waals surface area contributed by atoms with E-state index in [1.807, 2.05) is 29.0 Å². The van der Waals surface area contributed by atoms with Gasteiger partial charge in [0.05, 0.1) is 28.8 Å². The number of hydrogen-bond acceptors (Lipinski definition) is 4. The summed E-state index contributed by atoms with van der Waals surface area (Å²) in [5.41, 5.74) is 2.56. The number of sulfonamides is 1. The van der Waals surface area contributed by atoms with E-state index in [0.29, 0.717) is 5.82 Å². The zero-order valence-corrected chi connectivity index (χ0v) is 16.4. The van der Waals surface area contributed by atoms with Crippen molar-refractivity contribution < 1.29 is 8.42 Å².